The zero-order valence-corrected chi connectivity index (χ0v) is 24.5. The smallest absolute Gasteiger partial charge is 0.308 e. The third-order valence-corrected chi connectivity index (χ3v) is 8.70. The Balaban J connectivity index is 1.22. The summed E-state index contributed by atoms with van der Waals surface area (Å²) in [6.07, 6.45) is 8.27. The van der Waals surface area contributed by atoms with Gasteiger partial charge in [-0.1, -0.05) is 50.3 Å². The highest BCUT2D eigenvalue weighted by Crippen LogP contribution is 2.53. The molecule has 7 nitrogen and oxygen atoms in total. The highest BCUT2D eigenvalue weighted by atomic mass is 16.6. The minimum atomic E-state index is -0.423. The number of carbonyl (C=O) groups is 1. The van der Waals surface area contributed by atoms with Crippen LogP contribution in [0.1, 0.15) is 57.3 Å². The molecule has 3 aromatic rings. The van der Waals surface area contributed by atoms with E-state index in [1.165, 1.54) is 11.1 Å². The second-order valence-corrected chi connectivity index (χ2v) is 11.8. The van der Waals surface area contributed by atoms with Crippen molar-refractivity contribution in [3.8, 4) is 11.5 Å². The van der Waals surface area contributed by atoms with Crippen LogP contribution < -0.4 is 9.47 Å². The Morgan fingerprint density at radius 1 is 1.10 bits per heavy atom. The second kappa shape index (κ2) is 12.0. The monoisotopic (exact) mass is 545 g/mol. The number of H-pyrrole nitrogens is 1. The molecule has 3 unspecified atom stereocenters. The van der Waals surface area contributed by atoms with E-state index in [1.807, 2.05) is 26.0 Å². The maximum atomic E-state index is 12.9. The van der Waals surface area contributed by atoms with Crippen LogP contribution in [0.5, 0.6) is 11.5 Å². The zero-order valence-electron chi connectivity index (χ0n) is 24.5. The first-order valence-corrected chi connectivity index (χ1v) is 14.6. The summed E-state index contributed by atoms with van der Waals surface area (Å²) in [5.41, 5.74) is 4.15. The van der Waals surface area contributed by atoms with E-state index in [4.69, 9.17) is 19.2 Å². The van der Waals surface area contributed by atoms with Crippen molar-refractivity contribution in [2.24, 2.45) is 17.8 Å². The number of rotatable bonds is 12. The third kappa shape index (κ3) is 5.90. The minimum Gasteiger partial charge on any atom is -0.493 e. The predicted octanol–water partition coefficient (Wildman–Crippen LogP) is 6.29. The van der Waals surface area contributed by atoms with Gasteiger partial charge in [-0.05, 0) is 56.3 Å². The molecule has 2 bridgehead atoms. The maximum Gasteiger partial charge on any atom is 0.308 e. The Labute approximate surface area is 237 Å². The van der Waals surface area contributed by atoms with Crippen molar-refractivity contribution in [1.82, 2.24) is 14.9 Å². The van der Waals surface area contributed by atoms with Crippen LogP contribution >= 0.6 is 0 Å². The normalized spacial score (nSPS) is 22.1. The van der Waals surface area contributed by atoms with Gasteiger partial charge in [0.15, 0.2) is 11.5 Å². The molecule has 3 atom stereocenters. The minimum absolute atomic E-state index is 0.0805. The first kappa shape index (κ1) is 28.2. The maximum absolute atomic E-state index is 12.9. The summed E-state index contributed by atoms with van der Waals surface area (Å²) in [5, 5.41) is 0. The molecule has 40 heavy (non-hydrogen) atoms. The van der Waals surface area contributed by atoms with Crippen LogP contribution in [0.2, 0.25) is 0 Å². The summed E-state index contributed by atoms with van der Waals surface area (Å²) in [4.78, 5) is 23.4. The molecular formula is C33H43N3O4. The van der Waals surface area contributed by atoms with Crippen molar-refractivity contribution >= 4 is 22.6 Å². The molecule has 214 valence electrons. The Morgan fingerprint density at radius 3 is 2.52 bits per heavy atom. The molecule has 1 heterocycles. The molecule has 1 saturated carbocycles. The Bertz CT molecular complexity index is 1310. The van der Waals surface area contributed by atoms with E-state index in [2.05, 4.69) is 53.3 Å². The molecule has 0 radical (unpaired) electrons. The number of hydrogen-bond donors (Lipinski definition) is 1. The number of methoxy groups -OCH3 is 2. The van der Waals surface area contributed by atoms with Gasteiger partial charge < -0.3 is 24.1 Å². The molecule has 1 N–H and O–H groups in total. The highest BCUT2D eigenvalue weighted by molar-refractivity contribution is 5.79. The fourth-order valence-corrected chi connectivity index (χ4v) is 6.42. The number of allylic oxidation sites excluding steroid dienone is 1. The Hall–Kier alpha value is -3.32. The second-order valence-electron chi connectivity index (χ2n) is 11.8. The number of hydrogen-bond acceptors (Lipinski definition) is 6. The summed E-state index contributed by atoms with van der Waals surface area (Å²) >= 11 is 0. The van der Waals surface area contributed by atoms with Crippen LogP contribution in [0, 0.1) is 17.8 Å². The number of aromatic nitrogens is 2. The van der Waals surface area contributed by atoms with Gasteiger partial charge in [0.2, 0.25) is 0 Å². The van der Waals surface area contributed by atoms with E-state index in [9.17, 15) is 4.79 Å². The van der Waals surface area contributed by atoms with Crippen LogP contribution in [0.15, 0.2) is 48.5 Å². The van der Waals surface area contributed by atoms with Gasteiger partial charge in [0.05, 0.1) is 31.2 Å². The molecule has 0 amide bonds. The van der Waals surface area contributed by atoms with E-state index < -0.39 is 5.60 Å². The van der Waals surface area contributed by atoms with Crippen LogP contribution in [-0.2, 0) is 16.0 Å². The van der Waals surface area contributed by atoms with E-state index >= 15 is 0 Å². The SMILES string of the molecule is COc1cc2nc(CCCN(C)CCC3(OC(=O)C(C)C)CC4CCC3C=C4c3ccccc3)[nH]c2cc1OC. The van der Waals surface area contributed by atoms with E-state index in [0.29, 0.717) is 17.4 Å². The summed E-state index contributed by atoms with van der Waals surface area (Å²) in [5.74, 6) is 2.82. The summed E-state index contributed by atoms with van der Waals surface area (Å²) < 4.78 is 17.2. The number of carbonyl (C=O) groups excluding carboxylic acids is 1. The van der Waals surface area contributed by atoms with Crippen molar-refractivity contribution in [3.05, 3.63) is 59.9 Å². The molecule has 0 saturated heterocycles. The topological polar surface area (TPSA) is 76.7 Å². The lowest BCUT2D eigenvalue weighted by Crippen LogP contribution is -2.51. The molecule has 3 aliphatic carbocycles. The molecule has 2 aromatic carbocycles. The molecule has 3 aliphatic rings. The first-order valence-electron chi connectivity index (χ1n) is 14.6. The number of nitrogens with one attached hydrogen (secondary N) is 1. The lowest BCUT2D eigenvalue weighted by molar-refractivity contribution is -0.176. The van der Waals surface area contributed by atoms with E-state index in [-0.39, 0.29) is 17.8 Å². The molecular weight excluding hydrogens is 502 g/mol. The van der Waals surface area contributed by atoms with Crippen LogP contribution in [-0.4, -0.2) is 60.8 Å². The Morgan fingerprint density at radius 2 is 1.85 bits per heavy atom. The highest BCUT2D eigenvalue weighted by Gasteiger charge is 2.50. The van der Waals surface area contributed by atoms with Gasteiger partial charge >= 0.3 is 5.97 Å². The number of imidazole rings is 1. The van der Waals surface area contributed by atoms with Gasteiger partial charge in [-0.2, -0.15) is 0 Å². The summed E-state index contributed by atoms with van der Waals surface area (Å²) in [6.45, 7) is 5.69. The molecule has 0 spiro atoms. The number of benzene rings is 2. The number of aryl methyl sites for hydroxylation is 1. The molecule has 1 aromatic heterocycles. The fraction of sp³-hybridized carbons (Fsp3) is 0.515. The lowest BCUT2D eigenvalue weighted by atomic mass is 9.60. The summed E-state index contributed by atoms with van der Waals surface area (Å²) in [7, 11) is 5.44. The molecule has 6 rings (SSSR count). The van der Waals surface area contributed by atoms with Gasteiger partial charge in [0.1, 0.15) is 11.4 Å². The van der Waals surface area contributed by atoms with Gasteiger partial charge in [-0.3, -0.25) is 4.79 Å². The molecule has 1 fully saturated rings. The predicted molar refractivity (Wildman–Crippen MR) is 159 cm³/mol. The number of nitrogens with zero attached hydrogens (tertiary/aromatic N) is 2. The number of fused-ring (bicyclic) bond motifs is 3. The zero-order chi connectivity index (χ0) is 28.3. The fourth-order valence-electron chi connectivity index (χ4n) is 6.42. The number of aromatic amines is 1. The summed E-state index contributed by atoms with van der Waals surface area (Å²) in [6, 6.07) is 14.5. The van der Waals surface area contributed by atoms with Crippen LogP contribution in [0.3, 0.4) is 0 Å². The van der Waals surface area contributed by atoms with Crippen molar-refractivity contribution < 1.29 is 19.0 Å². The average molecular weight is 546 g/mol. The van der Waals surface area contributed by atoms with E-state index in [0.717, 1.165) is 68.5 Å². The van der Waals surface area contributed by atoms with Gasteiger partial charge in [-0.15, -0.1) is 0 Å². The van der Waals surface area contributed by atoms with Gasteiger partial charge in [-0.25, -0.2) is 4.98 Å². The number of esters is 1. The quantitative estimate of drug-likeness (QED) is 0.270. The van der Waals surface area contributed by atoms with Crippen LogP contribution in [0.25, 0.3) is 16.6 Å². The van der Waals surface area contributed by atoms with Crippen molar-refractivity contribution in [3.63, 3.8) is 0 Å². The van der Waals surface area contributed by atoms with E-state index in [1.54, 1.807) is 14.2 Å². The van der Waals surface area contributed by atoms with Crippen LogP contribution in [0.4, 0.5) is 0 Å². The van der Waals surface area contributed by atoms with Gasteiger partial charge in [0.25, 0.3) is 0 Å². The Kier molecular flexibility index (Phi) is 8.50. The first-order chi connectivity index (χ1) is 19.3. The average Bonchev–Trinajstić information content (AvgIpc) is 3.37. The standard InChI is InChI=1S/C33H43N3O4/c1-22(2)32(37)40-33(21-24-13-14-25(33)18-26(24)23-10-7-6-8-11-23)15-17-36(3)16-9-12-31-34-27-19-29(38-4)30(39-5)20-28(27)35-31/h6-8,10-11,18-20,22,24-25H,9,12-17,21H2,1-5H3,(H,34,35). The molecule has 7 heteroatoms. The van der Waals surface area contributed by atoms with Crippen molar-refractivity contribution in [2.75, 3.05) is 34.4 Å². The molecule has 0 aliphatic heterocycles. The van der Waals surface area contributed by atoms with Crippen molar-refractivity contribution in [1.29, 1.82) is 0 Å². The number of ether oxygens (including phenoxy) is 3. The van der Waals surface area contributed by atoms with Crippen molar-refractivity contribution in [2.45, 2.75) is 58.0 Å². The van der Waals surface area contributed by atoms with Gasteiger partial charge in [0, 0.05) is 37.4 Å². The lowest BCUT2D eigenvalue weighted by Gasteiger charge is -2.50. The largest absolute Gasteiger partial charge is 0.493 e. The third-order valence-electron chi connectivity index (χ3n) is 8.70.